The molecule has 0 aromatic heterocycles. The average molecular weight is 357 g/mol. The van der Waals surface area contributed by atoms with E-state index in [-0.39, 0.29) is 24.8 Å². The summed E-state index contributed by atoms with van der Waals surface area (Å²) in [6.45, 7) is 1.87. The van der Waals surface area contributed by atoms with E-state index in [1.807, 2.05) is 54.6 Å². The van der Waals surface area contributed by atoms with Crippen LogP contribution in [-0.4, -0.2) is 30.1 Å². The number of carboxylic acids is 1. The highest BCUT2D eigenvalue weighted by Crippen LogP contribution is 2.70. The summed E-state index contributed by atoms with van der Waals surface area (Å²) in [5.41, 5.74) is 1.88. The monoisotopic (exact) mass is 357 g/mol. The largest absolute Gasteiger partial charge is 0.481 e. The van der Waals surface area contributed by atoms with Gasteiger partial charge in [-0.25, -0.2) is 8.78 Å². The van der Waals surface area contributed by atoms with Crippen molar-refractivity contribution in [3.63, 3.8) is 0 Å². The highest BCUT2D eigenvalue weighted by molar-refractivity contribution is 5.83. The second-order valence-electron chi connectivity index (χ2n) is 7.57. The number of carboxylic acid groups (broad SMARTS) is 1. The molecule has 2 aliphatic rings. The summed E-state index contributed by atoms with van der Waals surface area (Å²) in [5.74, 6) is -3.63. The first kappa shape index (κ1) is 17.0. The van der Waals surface area contributed by atoms with Crippen molar-refractivity contribution in [2.24, 2.45) is 5.41 Å². The summed E-state index contributed by atoms with van der Waals surface area (Å²) in [4.78, 5) is 13.6. The van der Waals surface area contributed by atoms with E-state index in [1.165, 1.54) is 0 Å². The third-order valence-electron chi connectivity index (χ3n) is 5.92. The minimum Gasteiger partial charge on any atom is -0.481 e. The van der Waals surface area contributed by atoms with E-state index in [9.17, 15) is 18.7 Å². The van der Waals surface area contributed by atoms with Gasteiger partial charge in [0, 0.05) is 30.5 Å². The summed E-state index contributed by atoms with van der Waals surface area (Å²) in [5, 5.41) is 9.77. The lowest BCUT2D eigenvalue weighted by Gasteiger charge is -2.18. The van der Waals surface area contributed by atoms with Crippen LogP contribution in [0, 0.1) is 5.41 Å². The SMILES string of the molecule is C[C@@]1(C(=O)O)[C@@H](c2ccccc2)[C@@H]1c1ccc(N2CCC(F)(F)C2)cc1. The van der Waals surface area contributed by atoms with Crippen molar-refractivity contribution >= 4 is 11.7 Å². The van der Waals surface area contributed by atoms with Gasteiger partial charge >= 0.3 is 5.97 Å². The van der Waals surface area contributed by atoms with Crippen molar-refractivity contribution in [3.8, 4) is 0 Å². The number of rotatable bonds is 4. The van der Waals surface area contributed by atoms with Crippen LogP contribution in [0.25, 0.3) is 0 Å². The van der Waals surface area contributed by atoms with Crippen LogP contribution < -0.4 is 4.90 Å². The number of benzene rings is 2. The zero-order valence-corrected chi connectivity index (χ0v) is 14.5. The maximum Gasteiger partial charge on any atom is 0.310 e. The van der Waals surface area contributed by atoms with Crippen molar-refractivity contribution in [1.29, 1.82) is 0 Å². The van der Waals surface area contributed by atoms with Gasteiger partial charge in [0.05, 0.1) is 12.0 Å². The Balaban J connectivity index is 1.60. The molecule has 2 aromatic carbocycles. The lowest BCUT2D eigenvalue weighted by molar-refractivity contribution is -0.143. The predicted molar refractivity (Wildman–Crippen MR) is 95.9 cm³/mol. The Hall–Kier alpha value is -2.43. The number of carbonyl (C=O) groups is 1. The number of anilines is 1. The van der Waals surface area contributed by atoms with E-state index in [1.54, 1.807) is 11.8 Å². The Bertz CT molecular complexity index is 822. The van der Waals surface area contributed by atoms with E-state index in [2.05, 4.69) is 0 Å². The summed E-state index contributed by atoms with van der Waals surface area (Å²) in [7, 11) is 0. The zero-order chi connectivity index (χ0) is 18.5. The normalized spacial score (nSPS) is 29.6. The Kier molecular flexibility index (Phi) is 3.79. The molecular formula is C21H21F2NO2. The molecule has 1 aliphatic heterocycles. The quantitative estimate of drug-likeness (QED) is 0.876. The fourth-order valence-electron chi connectivity index (χ4n) is 4.37. The van der Waals surface area contributed by atoms with Crippen LogP contribution in [0.3, 0.4) is 0 Å². The van der Waals surface area contributed by atoms with Crippen LogP contribution in [0.1, 0.15) is 36.3 Å². The Labute approximate surface area is 151 Å². The van der Waals surface area contributed by atoms with Gasteiger partial charge in [-0.05, 0) is 30.2 Å². The van der Waals surface area contributed by atoms with E-state index in [4.69, 9.17) is 0 Å². The molecule has 4 rings (SSSR count). The number of halogens is 2. The van der Waals surface area contributed by atoms with E-state index >= 15 is 0 Å². The third kappa shape index (κ3) is 2.66. The van der Waals surface area contributed by atoms with Gasteiger partial charge in [-0.2, -0.15) is 0 Å². The molecule has 0 radical (unpaired) electrons. The third-order valence-corrected chi connectivity index (χ3v) is 5.92. The number of hydrogen-bond acceptors (Lipinski definition) is 2. The van der Waals surface area contributed by atoms with Gasteiger partial charge in [0.2, 0.25) is 0 Å². The van der Waals surface area contributed by atoms with Crippen molar-refractivity contribution in [1.82, 2.24) is 0 Å². The van der Waals surface area contributed by atoms with Crippen molar-refractivity contribution < 1.29 is 18.7 Å². The summed E-state index contributed by atoms with van der Waals surface area (Å²) in [6, 6.07) is 17.1. The van der Waals surface area contributed by atoms with Crippen LogP contribution >= 0.6 is 0 Å². The molecular weight excluding hydrogens is 336 g/mol. The Morgan fingerprint density at radius 3 is 2.12 bits per heavy atom. The van der Waals surface area contributed by atoms with Gasteiger partial charge in [0.15, 0.2) is 0 Å². The van der Waals surface area contributed by atoms with E-state index in [0.717, 1.165) is 16.8 Å². The standard InChI is InChI=1S/C21H21F2NO2/c1-20(19(25)26)17(14-5-3-2-4-6-14)18(20)15-7-9-16(10-8-15)24-12-11-21(22,23)13-24/h2-10,17-18H,11-13H2,1H3,(H,25,26)/t17-,18-,20+/m0/s1. The molecule has 0 amide bonds. The predicted octanol–water partition coefficient (Wildman–Crippen LogP) is 4.50. The van der Waals surface area contributed by atoms with Crippen molar-refractivity contribution in [2.75, 3.05) is 18.0 Å². The van der Waals surface area contributed by atoms with Crippen LogP contribution in [0.15, 0.2) is 54.6 Å². The van der Waals surface area contributed by atoms with E-state index in [0.29, 0.717) is 6.54 Å². The molecule has 3 atom stereocenters. The number of nitrogens with zero attached hydrogens (tertiary/aromatic N) is 1. The molecule has 1 N–H and O–H groups in total. The Morgan fingerprint density at radius 2 is 1.62 bits per heavy atom. The summed E-state index contributed by atoms with van der Waals surface area (Å²) in [6.07, 6.45) is -0.120. The number of aliphatic carboxylic acids is 1. The summed E-state index contributed by atoms with van der Waals surface area (Å²) >= 11 is 0. The second-order valence-corrected chi connectivity index (χ2v) is 7.57. The van der Waals surface area contributed by atoms with Gasteiger partial charge in [-0.3, -0.25) is 4.79 Å². The van der Waals surface area contributed by atoms with Crippen LogP contribution in [0.4, 0.5) is 14.5 Å². The van der Waals surface area contributed by atoms with Gasteiger partial charge in [0.1, 0.15) is 0 Å². The van der Waals surface area contributed by atoms with Crippen LogP contribution in [0.5, 0.6) is 0 Å². The molecule has 0 bridgehead atoms. The molecule has 1 aliphatic carbocycles. The highest BCUT2D eigenvalue weighted by atomic mass is 19.3. The number of hydrogen-bond donors (Lipinski definition) is 1. The lowest BCUT2D eigenvalue weighted by atomic mass is 10.0. The molecule has 26 heavy (non-hydrogen) atoms. The average Bonchev–Trinajstić information content (AvgIpc) is 3.11. The van der Waals surface area contributed by atoms with Crippen molar-refractivity contribution in [3.05, 3.63) is 65.7 Å². The first-order valence-electron chi connectivity index (χ1n) is 8.84. The molecule has 3 nitrogen and oxygen atoms in total. The fraction of sp³-hybridized carbons (Fsp3) is 0.381. The minimum absolute atomic E-state index is 0.0804. The van der Waals surface area contributed by atoms with Gasteiger partial charge in [-0.15, -0.1) is 0 Å². The Morgan fingerprint density at radius 1 is 1.04 bits per heavy atom. The number of alkyl halides is 2. The summed E-state index contributed by atoms with van der Waals surface area (Å²) < 4.78 is 26.8. The first-order valence-corrected chi connectivity index (χ1v) is 8.84. The maximum absolute atomic E-state index is 13.4. The van der Waals surface area contributed by atoms with Crippen LogP contribution in [-0.2, 0) is 4.79 Å². The van der Waals surface area contributed by atoms with E-state index < -0.39 is 17.3 Å². The molecule has 5 heteroatoms. The lowest BCUT2D eigenvalue weighted by Crippen LogP contribution is -2.24. The molecule has 2 aromatic rings. The molecule has 0 unspecified atom stereocenters. The molecule has 1 saturated carbocycles. The van der Waals surface area contributed by atoms with Crippen molar-refractivity contribution in [2.45, 2.75) is 31.1 Å². The molecule has 136 valence electrons. The second kappa shape index (κ2) is 5.79. The van der Waals surface area contributed by atoms with Gasteiger partial charge in [0.25, 0.3) is 5.92 Å². The first-order chi connectivity index (χ1) is 12.3. The highest BCUT2D eigenvalue weighted by Gasteiger charge is 2.67. The smallest absolute Gasteiger partial charge is 0.310 e. The fourth-order valence-corrected chi connectivity index (χ4v) is 4.37. The minimum atomic E-state index is -2.63. The topological polar surface area (TPSA) is 40.5 Å². The van der Waals surface area contributed by atoms with Gasteiger partial charge in [-0.1, -0.05) is 42.5 Å². The molecule has 0 spiro atoms. The van der Waals surface area contributed by atoms with Crippen LogP contribution in [0.2, 0.25) is 0 Å². The molecule has 1 heterocycles. The van der Waals surface area contributed by atoms with Gasteiger partial charge < -0.3 is 10.0 Å². The zero-order valence-electron chi connectivity index (χ0n) is 14.5. The molecule has 1 saturated heterocycles. The maximum atomic E-state index is 13.4. The molecule has 2 fully saturated rings.